The minimum absolute atomic E-state index is 0.0392. The maximum Gasteiger partial charge on any atom is 0.244 e. The van der Waals surface area contributed by atoms with Crippen LogP contribution in [0.4, 0.5) is 11.6 Å². The van der Waals surface area contributed by atoms with Gasteiger partial charge >= 0.3 is 0 Å². The summed E-state index contributed by atoms with van der Waals surface area (Å²) in [4.78, 5) is 23.3. The number of nitrogens with one attached hydrogen (secondary N) is 1. The van der Waals surface area contributed by atoms with E-state index in [2.05, 4.69) is 51.6 Å². The van der Waals surface area contributed by atoms with E-state index in [1.807, 2.05) is 13.1 Å². The van der Waals surface area contributed by atoms with Gasteiger partial charge in [0.25, 0.3) is 0 Å². The Morgan fingerprint density at radius 1 is 1.17 bits per heavy atom. The Morgan fingerprint density at radius 3 is 2.67 bits per heavy atom. The second-order valence-corrected chi connectivity index (χ2v) is 7.32. The molecule has 0 aliphatic carbocycles. The van der Waals surface area contributed by atoms with Crippen molar-refractivity contribution in [2.75, 3.05) is 31.6 Å². The zero-order chi connectivity index (χ0) is 20.9. The van der Waals surface area contributed by atoms with Crippen LogP contribution >= 0.6 is 0 Å². The van der Waals surface area contributed by atoms with Crippen LogP contribution in [0.3, 0.4) is 0 Å². The third-order valence-corrected chi connectivity index (χ3v) is 5.16. The van der Waals surface area contributed by atoms with Gasteiger partial charge in [-0.05, 0) is 24.5 Å². The largest absolute Gasteiger partial charge is 0.378 e. The van der Waals surface area contributed by atoms with Crippen LogP contribution in [-0.4, -0.2) is 56.9 Å². The predicted octanol–water partition coefficient (Wildman–Crippen LogP) is 2.81. The maximum atomic E-state index is 12.4. The van der Waals surface area contributed by atoms with E-state index in [1.54, 1.807) is 22.0 Å². The number of anilines is 2. The van der Waals surface area contributed by atoms with Gasteiger partial charge in [0.05, 0.1) is 30.8 Å². The first-order chi connectivity index (χ1) is 14.6. The molecule has 4 rings (SSSR count). The molecule has 1 fully saturated rings. The average molecular weight is 406 g/mol. The summed E-state index contributed by atoms with van der Waals surface area (Å²) in [7, 11) is 0. The van der Waals surface area contributed by atoms with Crippen LogP contribution in [0.1, 0.15) is 18.1 Å². The molecule has 1 aromatic carbocycles. The smallest absolute Gasteiger partial charge is 0.244 e. The lowest BCUT2D eigenvalue weighted by Gasteiger charge is -2.26. The molecular weight excluding hydrogens is 380 g/mol. The molecule has 3 aromatic rings. The van der Waals surface area contributed by atoms with E-state index in [-0.39, 0.29) is 12.5 Å². The van der Waals surface area contributed by atoms with Crippen LogP contribution in [-0.2, 0) is 22.5 Å². The Morgan fingerprint density at radius 2 is 1.93 bits per heavy atom. The van der Waals surface area contributed by atoms with Crippen molar-refractivity contribution < 1.29 is 9.53 Å². The second kappa shape index (κ2) is 9.04. The molecule has 156 valence electrons. The fourth-order valence-corrected chi connectivity index (χ4v) is 3.39. The molecule has 1 amide bonds. The zero-order valence-corrected chi connectivity index (χ0v) is 17.3. The summed E-state index contributed by atoms with van der Waals surface area (Å²) in [5.41, 5.74) is 4.99. The van der Waals surface area contributed by atoms with Crippen molar-refractivity contribution in [2.45, 2.75) is 26.8 Å². The van der Waals surface area contributed by atoms with E-state index < -0.39 is 0 Å². The summed E-state index contributed by atoms with van der Waals surface area (Å²) in [5, 5.41) is 7.47. The number of carbonyl (C=O) groups excluding carboxylic acids is 1. The van der Waals surface area contributed by atoms with E-state index >= 15 is 0 Å². The summed E-state index contributed by atoms with van der Waals surface area (Å²) in [6, 6.07) is 8.43. The van der Waals surface area contributed by atoms with Crippen LogP contribution in [0.15, 0.2) is 42.9 Å². The van der Waals surface area contributed by atoms with Gasteiger partial charge in [0.1, 0.15) is 6.54 Å². The van der Waals surface area contributed by atoms with Gasteiger partial charge in [-0.1, -0.05) is 31.2 Å². The molecule has 1 N–H and O–H groups in total. The third-order valence-electron chi connectivity index (χ3n) is 5.16. The number of hydrogen-bond acceptors (Lipinski definition) is 6. The number of hydrogen-bond donors (Lipinski definition) is 1. The van der Waals surface area contributed by atoms with Gasteiger partial charge in [0, 0.05) is 31.0 Å². The molecule has 8 heteroatoms. The van der Waals surface area contributed by atoms with E-state index in [0.29, 0.717) is 32.3 Å². The second-order valence-electron chi connectivity index (χ2n) is 7.32. The van der Waals surface area contributed by atoms with Crippen LogP contribution in [0.5, 0.6) is 0 Å². The lowest BCUT2D eigenvalue weighted by atomic mass is 10.1. The van der Waals surface area contributed by atoms with Gasteiger partial charge in [-0.2, -0.15) is 5.10 Å². The quantitative estimate of drug-likeness (QED) is 0.678. The fraction of sp³-hybridized carbons (Fsp3) is 0.364. The van der Waals surface area contributed by atoms with E-state index in [4.69, 9.17) is 4.74 Å². The number of nitrogens with zero attached hydrogens (tertiary/aromatic N) is 5. The molecule has 30 heavy (non-hydrogen) atoms. The van der Waals surface area contributed by atoms with Crippen LogP contribution in [0, 0.1) is 6.92 Å². The van der Waals surface area contributed by atoms with Crippen LogP contribution < -0.4 is 5.32 Å². The maximum absolute atomic E-state index is 12.4. The van der Waals surface area contributed by atoms with Gasteiger partial charge in [-0.25, -0.2) is 9.97 Å². The third kappa shape index (κ3) is 4.65. The highest BCUT2D eigenvalue weighted by atomic mass is 16.5. The number of amides is 1. The molecule has 0 atom stereocenters. The zero-order valence-electron chi connectivity index (χ0n) is 17.3. The normalized spacial score (nSPS) is 14.0. The SMILES string of the molecule is CCc1ccc(-c2nc(Nc3cnn(CC(=O)N4CCOCC4)c3)ncc2C)cc1. The lowest BCUT2D eigenvalue weighted by Crippen LogP contribution is -2.42. The fourth-order valence-electron chi connectivity index (χ4n) is 3.39. The first kappa shape index (κ1) is 20.0. The van der Waals surface area contributed by atoms with Crippen LogP contribution in [0.2, 0.25) is 0 Å². The monoisotopic (exact) mass is 406 g/mol. The number of aromatic nitrogens is 4. The molecule has 3 heterocycles. The molecule has 0 unspecified atom stereocenters. The highest BCUT2D eigenvalue weighted by Gasteiger charge is 2.17. The molecule has 0 spiro atoms. The number of aryl methyl sites for hydroxylation is 2. The first-order valence-corrected chi connectivity index (χ1v) is 10.2. The summed E-state index contributed by atoms with van der Waals surface area (Å²) in [5.74, 6) is 0.534. The van der Waals surface area contributed by atoms with Crippen LogP contribution in [0.25, 0.3) is 11.3 Å². The summed E-state index contributed by atoms with van der Waals surface area (Å²) in [6.07, 6.45) is 6.28. The Bertz CT molecular complexity index is 1010. The molecule has 0 radical (unpaired) electrons. The van der Waals surface area contributed by atoms with Crippen molar-refractivity contribution >= 4 is 17.5 Å². The van der Waals surface area contributed by atoms with Crippen molar-refractivity contribution in [3.8, 4) is 11.3 Å². The van der Waals surface area contributed by atoms with Crippen molar-refractivity contribution in [2.24, 2.45) is 0 Å². The molecule has 0 saturated carbocycles. The number of morpholine rings is 1. The first-order valence-electron chi connectivity index (χ1n) is 10.2. The molecule has 1 aliphatic rings. The predicted molar refractivity (Wildman–Crippen MR) is 114 cm³/mol. The minimum Gasteiger partial charge on any atom is -0.378 e. The van der Waals surface area contributed by atoms with Crippen molar-refractivity contribution in [3.05, 3.63) is 54.0 Å². The highest BCUT2D eigenvalue weighted by molar-refractivity contribution is 5.76. The average Bonchev–Trinajstić information content (AvgIpc) is 3.22. The lowest BCUT2D eigenvalue weighted by molar-refractivity contribution is -0.136. The molecule has 1 saturated heterocycles. The summed E-state index contributed by atoms with van der Waals surface area (Å²) >= 11 is 0. The highest BCUT2D eigenvalue weighted by Crippen LogP contribution is 2.23. The van der Waals surface area contributed by atoms with Gasteiger partial charge in [0.2, 0.25) is 11.9 Å². The summed E-state index contributed by atoms with van der Waals surface area (Å²) in [6.45, 7) is 6.78. The Hall–Kier alpha value is -3.26. The van der Waals surface area contributed by atoms with Crippen molar-refractivity contribution in [1.29, 1.82) is 0 Å². The molecule has 2 aromatic heterocycles. The minimum atomic E-state index is 0.0392. The van der Waals surface area contributed by atoms with E-state index in [9.17, 15) is 4.79 Å². The number of rotatable bonds is 6. The number of benzene rings is 1. The Balaban J connectivity index is 1.45. The van der Waals surface area contributed by atoms with Gasteiger partial charge in [0.15, 0.2) is 0 Å². The Labute approximate surface area is 175 Å². The molecular formula is C22H26N6O2. The van der Waals surface area contributed by atoms with Gasteiger partial charge < -0.3 is 15.0 Å². The molecule has 0 bridgehead atoms. The summed E-state index contributed by atoms with van der Waals surface area (Å²) < 4.78 is 6.92. The van der Waals surface area contributed by atoms with E-state index in [0.717, 1.165) is 28.9 Å². The number of carbonyl (C=O) groups is 1. The molecule has 1 aliphatic heterocycles. The van der Waals surface area contributed by atoms with Crippen molar-refractivity contribution in [3.63, 3.8) is 0 Å². The molecule has 8 nitrogen and oxygen atoms in total. The van der Waals surface area contributed by atoms with Crippen molar-refractivity contribution in [1.82, 2.24) is 24.6 Å². The van der Waals surface area contributed by atoms with E-state index in [1.165, 1.54) is 5.56 Å². The number of ether oxygens (including phenoxy) is 1. The van der Waals surface area contributed by atoms with Gasteiger partial charge in [-0.15, -0.1) is 0 Å². The Kier molecular flexibility index (Phi) is 6.04. The standard InChI is InChI=1S/C22H26N6O2/c1-3-17-4-6-18(7-5-17)21-16(2)12-23-22(26-21)25-19-13-24-28(14-19)15-20(29)27-8-10-30-11-9-27/h4-7,12-14H,3,8-11,15H2,1-2H3,(H,23,25,26). The topological polar surface area (TPSA) is 85.2 Å². The van der Waals surface area contributed by atoms with Gasteiger partial charge in [-0.3, -0.25) is 9.48 Å².